The highest BCUT2D eigenvalue weighted by Crippen LogP contribution is 2.27. The van der Waals surface area contributed by atoms with E-state index >= 15 is 0 Å². The maximum absolute atomic E-state index is 12.5. The Labute approximate surface area is 137 Å². The van der Waals surface area contributed by atoms with Gasteiger partial charge in [-0.15, -0.1) is 0 Å². The number of halogens is 2. The quantitative estimate of drug-likeness (QED) is 0.726. The van der Waals surface area contributed by atoms with Crippen LogP contribution in [0.2, 0.25) is 5.02 Å². The molecule has 0 aliphatic heterocycles. The van der Waals surface area contributed by atoms with Crippen molar-refractivity contribution in [2.45, 2.75) is 6.42 Å². The van der Waals surface area contributed by atoms with Crippen LogP contribution in [0, 0.1) is 0 Å². The molecular weight excluding hydrogens is 356 g/mol. The molecule has 5 heteroatoms. The van der Waals surface area contributed by atoms with Crippen molar-refractivity contribution in [3.05, 3.63) is 57.0 Å². The third kappa shape index (κ3) is 3.77. The second-order valence-corrected chi connectivity index (χ2v) is 5.69. The van der Waals surface area contributed by atoms with E-state index in [1.165, 1.54) is 0 Å². The van der Waals surface area contributed by atoms with Gasteiger partial charge in [0, 0.05) is 27.0 Å². The lowest BCUT2D eigenvalue weighted by atomic mass is 10.0. The number of hydrogen-bond acceptors (Lipinski definition) is 3. The van der Waals surface area contributed by atoms with Crippen molar-refractivity contribution >= 4 is 33.3 Å². The van der Waals surface area contributed by atoms with E-state index in [1.807, 2.05) is 0 Å². The van der Waals surface area contributed by atoms with E-state index < -0.39 is 0 Å². The van der Waals surface area contributed by atoms with Gasteiger partial charge in [0.25, 0.3) is 0 Å². The number of rotatable bonds is 5. The number of benzene rings is 2. The second kappa shape index (κ2) is 6.96. The zero-order valence-electron chi connectivity index (χ0n) is 11.7. The van der Waals surface area contributed by atoms with E-state index in [2.05, 4.69) is 15.9 Å². The molecule has 0 saturated carbocycles. The van der Waals surface area contributed by atoms with Crippen LogP contribution in [0.1, 0.15) is 15.9 Å². The molecule has 0 fully saturated rings. The fourth-order valence-corrected chi connectivity index (χ4v) is 2.66. The molecule has 2 aromatic carbocycles. The standard InChI is InChI=1S/C16H14BrClO3/c1-20-12-4-5-14(17)13(9-12)15(19)8-10-7-11(18)3-6-16(10)21-2/h3-7,9H,8H2,1-2H3. The first-order valence-corrected chi connectivity index (χ1v) is 7.41. The second-order valence-electron chi connectivity index (χ2n) is 4.40. The maximum atomic E-state index is 12.5. The molecule has 0 saturated heterocycles. The Morgan fingerprint density at radius 2 is 1.90 bits per heavy atom. The van der Waals surface area contributed by atoms with Crippen molar-refractivity contribution in [3.8, 4) is 11.5 Å². The van der Waals surface area contributed by atoms with Gasteiger partial charge in [-0.3, -0.25) is 4.79 Å². The summed E-state index contributed by atoms with van der Waals surface area (Å²) in [6.45, 7) is 0. The number of hydrogen-bond donors (Lipinski definition) is 0. The van der Waals surface area contributed by atoms with Crippen LogP contribution in [0.5, 0.6) is 11.5 Å². The van der Waals surface area contributed by atoms with Gasteiger partial charge in [0.05, 0.1) is 14.2 Å². The molecule has 0 radical (unpaired) electrons. The van der Waals surface area contributed by atoms with Crippen LogP contribution in [0.25, 0.3) is 0 Å². The minimum Gasteiger partial charge on any atom is -0.497 e. The van der Waals surface area contributed by atoms with Gasteiger partial charge in [-0.05, 0) is 36.4 Å². The molecule has 0 aliphatic rings. The average Bonchev–Trinajstić information content (AvgIpc) is 2.48. The van der Waals surface area contributed by atoms with Gasteiger partial charge in [0.2, 0.25) is 0 Å². The molecule has 0 unspecified atom stereocenters. The Bertz CT molecular complexity index is 671. The third-order valence-corrected chi connectivity index (χ3v) is 3.99. The smallest absolute Gasteiger partial charge is 0.168 e. The first kappa shape index (κ1) is 15.9. The SMILES string of the molecule is COc1ccc(Br)c(C(=O)Cc2cc(Cl)ccc2OC)c1. The molecule has 0 spiro atoms. The number of methoxy groups -OCH3 is 2. The van der Waals surface area contributed by atoms with Crippen molar-refractivity contribution in [2.24, 2.45) is 0 Å². The summed E-state index contributed by atoms with van der Waals surface area (Å²) in [6.07, 6.45) is 0.204. The number of Topliss-reactive ketones (excluding diaryl/α,β-unsaturated/α-hetero) is 1. The average molecular weight is 370 g/mol. The summed E-state index contributed by atoms with van der Waals surface area (Å²) in [5.74, 6) is 1.24. The predicted octanol–water partition coefficient (Wildman–Crippen LogP) is 4.55. The Kier molecular flexibility index (Phi) is 5.26. The molecule has 2 rings (SSSR count). The Morgan fingerprint density at radius 1 is 1.14 bits per heavy atom. The number of carbonyl (C=O) groups excluding carboxylic acids is 1. The lowest BCUT2D eigenvalue weighted by Crippen LogP contribution is -2.06. The van der Waals surface area contributed by atoms with E-state index in [9.17, 15) is 4.79 Å². The lowest BCUT2D eigenvalue weighted by Gasteiger charge is -2.10. The van der Waals surface area contributed by atoms with Gasteiger partial charge in [0.1, 0.15) is 11.5 Å². The van der Waals surface area contributed by atoms with Crippen LogP contribution < -0.4 is 9.47 Å². The van der Waals surface area contributed by atoms with Crippen LogP contribution >= 0.6 is 27.5 Å². The van der Waals surface area contributed by atoms with Crippen LogP contribution in [0.4, 0.5) is 0 Å². The van der Waals surface area contributed by atoms with E-state index in [0.717, 1.165) is 10.0 Å². The normalized spacial score (nSPS) is 10.3. The van der Waals surface area contributed by atoms with Gasteiger partial charge >= 0.3 is 0 Å². The van der Waals surface area contributed by atoms with Crippen molar-refractivity contribution in [3.63, 3.8) is 0 Å². The van der Waals surface area contributed by atoms with Gasteiger partial charge in [-0.1, -0.05) is 27.5 Å². The molecular formula is C16H14BrClO3. The molecule has 0 heterocycles. The largest absolute Gasteiger partial charge is 0.497 e. The molecule has 0 atom stereocenters. The van der Waals surface area contributed by atoms with Gasteiger partial charge < -0.3 is 9.47 Å². The monoisotopic (exact) mass is 368 g/mol. The number of ketones is 1. The summed E-state index contributed by atoms with van der Waals surface area (Å²) in [7, 11) is 3.14. The van der Waals surface area contributed by atoms with E-state index in [1.54, 1.807) is 50.6 Å². The summed E-state index contributed by atoms with van der Waals surface area (Å²) in [4.78, 5) is 12.5. The summed E-state index contributed by atoms with van der Waals surface area (Å²) in [5.41, 5.74) is 1.32. The number of ether oxygens (including phenoxy) is 2. The van der Waals surface area contributed by atoms with E-state index in [4.69, 9.17) is 21.1 Å². The predicted molar refractivity (Wildman–Crippen MR) is 86.7 cm³/mol. The molecule has 3 nitrogen and oxygen atoms in total. The fraction of sp³-hybridized carbons (Fsp3) is 0.188. The van der Waals surface area contributed by atoms with Crippen molar-refractivity contribution in [1.82, 2.24) is 0 Å². The van der Waals surface area contributed by atoms with Crippen LogP contribution in [-0.4, -0.2) is 20.0 Å². The van der Waals surface area contributed by atoms with Crippen molar-refractivity contribution in [1.29, 1.82) is 0 Å². The van der Waals surface area contributed by atoms with Gasteiger partial charge in [-0.2, -0.15) is 0 Å². The summed E-state index contributed by atoms with van der Waals surface area (Å²) in [5, 5.41) is 0.573. The Morgan fingerprint density at radius 3 is 2.57 bits per heavy atom. The molecule has 0 amide bonds. The molecule has 0 N–H and O–H groups in total. The van der Waals surface area contributed by atoms with Crippen LogP contribution in [-0.2, 0) is 6.42 Å². The van der Waals surface area contributed by atoms with Crippen LogP contribution in [0.3, 0.4) is 0 Å². The summed E-state index contributed by atoms with van der Waals surface area (Å²) >= 11 is 9.38. The molecule has 21 heavy (non-hydrogen) atoms. The Balaban J connectivity index is 2.32. The van der Waals surface area contributed by atoms with E-state index in [0.29, 0.717) is 22.1 Å². The van der Waals surface area contributed by atoms with E-state index in [-0.39, 0.29) is 12.2 Å². The van der Waals surface area contributed by atoms with Gasteiger partial charge in [-0.25, -0.2) is 0 Å². The summed E-state index contributed by atoms with van der Waals surface area (Å²) < 4.78 is 11.2. The first-order valence-electron chi connectivity index (χ1n) is 6.24. The maximum Gasteiger partial charge on any atom is 0.168 e. The lowest BCUT2D eigenvalue weighted by molar-refractivity contribution is 0.0991. The highest BCUT2D eigenvalue weighted by Gasteiger charge is 2.15. The molecule has 0 aliphatic carbocycles. The highest BCUT2D eigenvalue weighted by atomic mass is 79.9. The topological polar surface area (TPSA) is 35.5 Å². The Hall–Kier alpha value is -1.52. The van der Waals surface area contributed by atoms with Crippen molar-refractivity contribution in [2.75, 3.05) is 14.2 Å². The third-order valence-electron chi connectivity index (χ3n) is 3.07. The fourth-order valence-electron chi connectivity index (χ4n) is 2.00. The highest BCUT2D eigenvalue weighted by molar-refractivity contribution is 9.10. The summed E-state index contributed by atoms with van der Waals surface area (Å²) in [6, 6.07) is 10.5. The molecule has 110 valence electrons. The zero-order valence-corrected chi connectivity index (χ0v) is 14.0. The van der Waals surface area contributed by atoms with Crippen LogP contribution in [0.15, 0.2) is 40.9 Å². The zero-order chi connectivity index (χ0) is 15.4. The van der Waals surface area contributed by atoms with Gasteiger partial charge in [0.15, 0.2) is 5.78 Å². The molecule has 0 bridgehead atoms. The first-order chi connectivity index (χ1) is 10.0. The molecule has 2 aromatic rings. The minimum absolute atomic E-state index is 0.0404. The van der Waals surface area contributed by atoms with Crippen molar-refractivity contribution < 1.29 is 14.3 Å². The molecule has 0 aromatic heterocycles. The minimum atomic E-state index is -0.0404. The number of carbonyl (C=O) groups is 1.